The van der Waals surface area contributed by atoms with Crippen molar-refractivity contribution in [3.05, 3.63) is 42.3 Å². The van der Waals surface area contributed by atoms with Gasteiger partial charge in [0, 0.05) is 43.5 Å². The number of benzene rings is 1. The third-order valence-corrected chi connectivity index (χ3v) is 6.26. The Labute approximate surface area is 195 Å². The molecule has 0 bridgehead atoms. The van der Waals surface area contributed by atoms with Gasteiger partial charge in [0.05, 0.1) is 18.2 Å². The summed E-state index contributed by atoms with van der Waals surface area (Å²) in [5, 5.41) is 8.99. The molecule has 2 aromatic rings. The molecule has 1 unspecified atom stereocenters. The minimum absolute atomic E-state index is 0.106. The summed E-state index contributed by atoms with van der Waals surface area (Å²) in [7, 11) is 0. The molecule has 0 radical (unpaired) electrons. The van der Waals surface area contributed by atoms with Gasteiger partial charge in [0.2, 0.25) is 11.8 Å². The molecule has 180 valence electrons. The van der Waals surface area contributed by atoms with Crippen molar-refractivity contribution in [3.63, 3.8) is 0 Å². The van der Waals surface area contributed by atoms with E-state index in [4.69, 9.17) is 15.6 Å². The maximum absolute atomic E-state index is 15.0. The topological polar surface area (TPSA) is 129 Å². The quantitative estimate of drug-likeness (QED) is 0.642. The molecule has 3 N–H and O–H groups in total. The summed E-state index contributed by atoms with van der Waals surface area (Å²) >= 11 is 0. The number of hydrogen-bond acceptors (Lipinski definition) is 7. The molecule has 11 heteroatoms. The van der Waals surface area contributed by atoms with E-state index in [-0.39, 0.29) is 12.5 Å². The maximum Gasteiger partial charge on any atom is 0.414 e. The van der Waals surface area contributed by atoms with Gasteiger partial charge in [0.25, 0.3) is 0 Å². The Morgan fingerprint density at radius 2 is 1.97 bits per heavy atom. The molecule has 0 spiro atoms. The zero-order valence-electron chi connectivity index (χ0n) is 18.7. The smallest absolute Gasteiger partial charge is 0.414 e. The number of halogens is 1. The lowest BCUT2D eigenvalue weighted by atomic mass is 10.0. The Kier molecular flexibility index (Phi) is 6.64. The standard InChI is InChI=1S/C23H26FN5O5/c1-14(22(25)32)19-12-29(23(33)34-19)16-3-4-17(18(24)10-16)15-2-5-20(26-11-15)27-6-8-28(9-7-27)21(31)13-30/h2-5,10-11,14,19,30H,6-9,12-13H2,1H3,(H2,25,32)/t14-,19?/m0/s1. The number of aliphatic hydroxyl groups excluding tert-OH is 1. The number of aliphatic hydroxyl groups is 1. The highest BCUT2D eigenvalue weighted by molar-refractivity contribution is 5.91. The first kappa shape index (κ1) is 23.4. The fourth-order valence-electron chi connectivity index (χ4n) is 4.06. The van der Waals surface area contributed by atoms with Crippen LogP contribution in [0, 0.1) is 11.7 Å². The predicted molar refractivity (Wildman–Crippen MR) is 121 cm³/mol. The molecule has 0 aliphatic carbocycles. The zero-order chi connectivity index (χ0) is 24.4. The highest BCUT2D eigenvalue weighted by atomic mass is 19.1. The summed E-state index contributed by atoms with van der Waals surface area (Å²) < 4.78 is 20.2. The van der Waals surface area contributed by atoms with Crippen molar-refractivity contribution in [3.8, 4) is 11.1 Å². The van der Waals surface area contributed by atoms with Crippen molar-refractivity contribution >= 4 is 29.4 Å². The predicted octanol–water partition coefficient (Wildman–Crippen LogP) is 0.975. The minimum atomic E-state index is -0.687. The van der Waals surface area contributed by atoms with Gasteiger partial charge in [0.15, 0.2) is 0 Å². The second-order valence-electron chi connectivity index (χ2n) is 8.32. The molecule has 10 nitrogen and oxygen atoms in total. The number of amides is 3. The number of carbonyl (C=O) groups excluding carboxylic acids is 3. The molecule has 4 rings (SSSR count). The van der Waals surface area contributed by atoms with Crippen molar-refractivity contribution < 1.29 is 28.6 Å². The van der Waals surface area contributed by atoms with Gasteiger partial charge in [-0.3, -0.25) is 14.5 Å². The summed E-state index contributed by atoms with van der Waals surface area (Å²) in [4.78, 5) is 44.6. The van der Waals surface area contributed by atoms with Crippen LogP contribution in [0.3, 0.4) is 0 Å². The Bertz CT molecular complexity index is 1090. The van der Waals surface area contributed by atoms with E-state index in [2.05, 4.69) is 4.98 Å². The highest BCUT2D eigenvalue weighted by Crippen LogP contribution is 2.30. The van der Waals surface area contributed by atoms with Crippen LogP contribution in [-0.2, 0) is 14.3 Å². The Morgan fingerprint density at radius 3 is 2.56 bits per heavy atom. The summed E-state index contributed by atoms with van der Waals surface area (Å²) in [6, 6.07) is 7.99. The number of primary amides is 1. The Hall–Kier alpha value is -3.73. The molecule has 1 aromatic carbocycles. The van der Waals surface area contributed by atoms with Crippen LogP contribution in [0.4, 0.5) is 20.7 Å². The van der Waals surface area contributed by atoms with Gasteiger partial charge in [-0.25, -0.2) is 14.2 Å². The number of piperazine rings is 1. The van der Waals surface area contributed by atoms with Crippen molar-refractivity contribution in [2.75, 3.05) is 49.1 Å². The Morgan fingerprint density at radius 1 is 1.24 bits per heavy atom. The first-order valence-corrected chi connectivity index (χ1v) is 11.0. The number of hydrogen-bond donors (Lipinski definition) is 2. The van der Waals surface area contributed by atoms with Crippen LogP contribution >= 0.6 is 0 Å². The molecule has 2 aliphatic rings. The van der Waals surface area contributed by atoms with Gasteiger partial charge < -0.3 is 25.4 Å². The number of cyclic esters (lactones) is 1. The highest BCUT2D eigenvalue weighted by Gasteiger charge is 2.38. The SMILES string of the molecule is C[C@H](C(N)=O)C1CN(c2ccc(-c3ccc(N4CCN(C(=O)CO)CC4)nc3)c(F)c2)C(=O)O1. The Balaban J connectivity index is 1.44. The van der Waals surface area contributed by atoms with Gasteiger partial charge in [-0.15, -0.1) is 0 Å². The second kappa shape index (κ2) is 9.64. The van der Waals surface area contributed by atoms with Gasteiger partial charge in [0.1, 0.15) is 24.3 Å². The molecule has 2 fully saturated rings. The molecular weight excluding hydrogens is 445 g/mol. The molecule has 3 heterocycles. The number of aromatic nitrogens is 1. The number of nitrogens with two attached hydrogens (primary N) is 1. The zero-order valence-corrected chi connectivity index (χ0v) is 18.7. The molecule has 0 saturated carbocycles. The lowest BCUT2D eigenvalue weighted by Crippen LogP contribution is -2.49. The van der Waals surface area contributed by atoms with Gasteiger partial charge in [-0.2, -0.15) is 0 Å². The van der Waals surface area contributed by atoms with Crippen molar-refractivity contribution in [1.29, 1.82) is 0 Å². The number of nitrogens with zero attached hydrogens (tertiary/aromatic N) is 4. The van der Waals surface area contributed by atoms with Crippen LogP contribution in [-0.4, -0.2) is 78.3 Å². The average Bonchev–Trinajstić information content (AvgIpc) is 3.24. The van der Waals surface area contributed by atoms with Gasteiger partial charge >= 0.3 is 6.09 Å². The lowest BCUT2D eigenvalue weighted by Gasteiger charge is -2.35. The molecule has 1 aromatic heterocycles. The largest absolute Gasteiger partial charge is 0.443 e. The van der Waals surface area contributed by atoms with Crippen LogP contribution in [0.15, 0.2) is 36.5 Å². The maximum atomic E-state index is 15.0. The summed E-state index contributed by atoms with van der Waals surface area (Å²) in [5.74, 6) is -1.32. The van der Waals surface area contributed by atoms with E-state index in [1.165, 1.54) is 11.0 Å². The first-order chi connectivity index (χ1) is 16.3. The number of pyridine rings is 1. The molecule has 2 aliphatic heterocycles. The third kappa shape index (κ3) is 4.65. The lowest BCUT2D eigenvalue weighted by molar-refractivity contribution is -0.134. The molecular formula is C23H26FN5O5. The molecule has 3 amide bonds. The summed E-state index contributed by atoms with van der Waals surface area (Å²) in [5.41, 5.74) is 6.52. The summed E-state index contributed by atoms with van der Waals surface area (Å²) in [6.45, 7) is 3.36. The van der Waals surface area contributed by atoms with Crippen LogP contribution in [0.5, 0.6) is 0 Å². The van der Waals surface area contributed by atoms with E-state index >= 15 is 0 Å². The van der Waals surface area contributed by atoms with Crippen LogP contribution < -0.4 is 15.5 Å². The first-order valence-electron chi connectivity index (χ1n) is 11.0. The van der Waals surface area contributed by atoms with Gasteiger partial charge in [-0.1, -0.05) is 0 Å². The monoisotopic (exact) mass is 471 g/mol. The number of anilines is 2. The van der Waals surface area contributed by atoms with Crippen LogP contribution in [0.1, 0.15) is 6.92 Å². The second-order valence-corrected chi connectivity index (χ2v) is 8.32. The normalized spacial score (nSPS) is 19.2. The molecule has 34 heavy (non-hydrogen) atoms. The van der Waals surface area contributed by atoms with Crippen LogP contribution in [0.2, 0.25) is 0 Å². The van der Waals surface area contributed by atoms with Crippen molar-refractivity contribution in [2.45, 2.75) is 13.0 Å². The van der Waals surface area contributed by atoms with Gasteiger partial charge in [-0.05, 0) is 37.3 Å². The fraction of sp³-hybridized carbons (Fsp3) is 0.391. The van der Waals surface area contributed by atoms with E-state index in [0.29, 0.717) is 48.8 Å². The number of carbonyl (C=O) groups is 3. The fourth-order valence-corrected chi connectivity index (χ4v) is 4.06. The number of ether oxygens (including phenoxy) is 1. The van der Waals surface area contributed by atoms with Crippen molar-refractivity contribution in [1.82, 2.24) is 9.88 Å². The molecule has 2 saturated heterocycles. The molecule has 2 atom stereocenters. The van der Waals surface area contributed by atoms with Crippen LogP contribution in [0.25, 0.3) is 11.1 Å². The number of rotatable bonds is 6. The minimum Gasteiger partial charge on any atom is -0.443 e. The average molecular weight is 471 g/mol. The van der Waals surface area contributed by atoms with E-state index in [1.807, 2.05) is 4.90 Å². The van der Waals surface area contributed by atoms with Crippen molar-refractivity contribution in [2.24, 2.45) is 11.7 Å². The van der Waals surface area contributed by atoms with E-state index in [0.717, 1.165) is 0 Å². The third-order valence-electron chi connectivity index (χ3n) is 6.26. The van der Waals surface area contributed by atoms with E-state index in [1.54, 1.807) is 42.3 Å². The van der Waals surface area contributed by atoms with E-state index in [9.17, 15) is 18.8 Å². The van der Waals surface area contributed by atoms with E-state index < -0.39 is 36.4 Å². The summed E-state index contributed by atoms with van der Waals surface area (Å²) in [6.07, 6.45) is 0.234.